The summed E-state index contributed by atoms with van der Waals surface area (Å²) in [7, 11) is 0. The normalized spacial score (nSPS) is 21.0. The van der Waals surface area contributed by atoms with Gasteiger partial charge in [-0.25, -0.2) is 0 Å². The Labute approximate surface area is 77.8 Å². The van der Waals surface area contributed by atoms with Crippen LogP contribution in [-0.4, -0.2) is 5.11 Å². The van der Waals surface area contributed by atoms with E-state index in [0.717, 1.165) is 18.4 Å². The molecule has 12 heavy (non-hydrogen) atoms. The van der Waals surface area contributed by atoms with Crippen molar-refractivity contribution in [3.8, 4) is 0 Å². The van der Waals surface area contributed by atoms with Crippen molar-refractivity contribution in [2.24, 2.45) is 0 Å². The number of rotatable bonds is 1. The van der Waals surface area contributed by atoms with Gasteiger partial charge in [0.05, 0.1) is 6.61 Å². The molecule has 0 aliphatic heterocycles. The van der Waals surface area contributed by atoms with E-state index in [1.54, 1.807) is 0 Å². The minimum atomic E-state index is 0.139. The Morgan fingerprint density at radius 3 is 3.08 bits per heavy atom. The quantitative estimate of drug-likeness (QED) is 0.634. The van der Waals surface area contributed by atoms with E-state index in [9.17, 15) is 0 Å². The Morgan fingerprint density at radius 2 is 2.33 bits per heavy atom. The molecule has 64 valence electrons. The van der Waals surface area contributed by atoms with Crippen molar-refractivity contribution in [2.45, 2.75) is 24.7 Å². The lowest BCUT2D eigenvalue weighted by Crippen LogP contribution is -1.93. The number of hydrogen-bond acceptors (Lipinski definition) is 2. The predicted molar refractivity (Wildman–Crippen MR) is 52.4 cm³/mol. The van der Waals surface area contributed by atoms with Crippen LogP contribution in [0.3, 0.4) is 0 Å². The molecule has 2 heteroatoms. The zero-order chi connectivity index (χ0) is 8.55. The topological polar surface area (TPSA) is 20.2 Å². The third-order valence-corrected chi connectivity index (χ3v) is 2.99. The summed E-state index contributed by atoms with van der Waals surface area (Å²) in [5, 5.41) is 9.42. The molecule has 0 heterocycles. The molecule has 0 aromatic heterocycles. The molecule has 1 aliphatic carbocycles. The average molecular weight is 180 g/mol. The van der Waals surface area contributed by atoms with Crippen molar-refractivity contribution in [3.63, 3.8) is 0 Å². The first kappa shape index (κ1) is 8.14. The fourth-order valence-electron chi connectivity index (χ4n) is 1.89. The first-order valence-corrected chi connectivity index (χ1v) is 4.74. The summed E-state index contributed by atoms with van der Waals surface area (Å²) in [6, 6.07) is 6.12. The standard InChI is InChI=1S/C10H12OS/c11-6-8-3-1-2-7-4-5-9(12)10(7)8/h1-3,9,11-12H,4-6H2. The number of thiol groups is 1. The molecule has 1 aromatic carbocycles. The number of aliphatic hydroxyl groups is 1. The highest BCUT2D eigenvalue weighted by Crippen LogP contribution is 2.37. The molecule has 1 aromatic rings. The van der Waals surface area contributed by atoms with Crippen LogP contribution >= 0.6 is 12.6 Å². The molecule has 0 saturated carbocycles. The van der Waals surface area contributed by atoms with Crippen LogP contribution in [0.1, 0.15) is 28.4 Å². The third-order valence-electron chi connectivity index (χ3n) is 2.48. The maximum atomic E-state index is 9.09. The van der Waals surface area contributed by atoms with E-state index in [0.29, 0.717) is 5.25 Å². The molecule has 2 rings (SSSR count). The fourth-order valence-corrected chi connectivity index (χ4v) is 2.35. The van der Waals surface area contributed by atoms with Crippen molar-refractivity contribution in [1.82, 2.24) is 0 Å². The lowest BCUT2D eigenvalue weighted by molar-refractivity contribution is 0.280. The van der Waals surface area contributed by atoms with E-state index in [2.05, 4.69) is 18.7 Å². The molecule has 1 nitrogen and oxygen atoms in total. The Kier molecular flexibility index (Phi) is 2.11. The Balaban J connectivity index is 2.53. The van der Waals surface area contributed by atoms with Crippen LogP contribution in [0.4, 0.5) is 0 Å². The number of aryl methyl sites for hydroxylation is 1. The minimum absolute atomic E-state index is 0.139. The maximum Gasteiger partial charge on any atom is 0.0685 e. The fraction of sp³-hybridized carbons (Fsp3) is 0.400. The number of benzene rings is 1. The summed E-state index contributed by atoms with van der Waals surface area (Å²) in [4.78, 5) is 0. The third kappa shape index (κ3) is 1.15. The van der Waals surface area contributed by atoms with Crippen LogP contribution in [0.2, 0.25) is 0 Å². The largest absolute Gasteiger partial charge is 0.392 e. The van der Waals surface area contributed by atoms with Gasteiger partial charge in [0.2, 0.25) is 0 Å². The summed E-state index contributed by atoms with van der Waals surface area (Å²) >= 11 is 4.48. The summed E-state index contributed by atoms with van der Waals surface area (Å²) in [5.74, 6) is 0. The van der Waals surface area contributed by atoms with Gasteiger partial charge in [0, 0.05) is 5.25 Å². The highest BCUT2D eigenvalue weighted by molar-refractivity contribution is 7.80. The molecule has 1 N–H and O–H groups in total. The highest BCUT2D eigenvalue weighted by atomic mass is 32.1. The summed E-state index contributed by atoms with van der Waals surface area (Å²) in [6.07, 6.45) is 2.22. The second-order valence-corrected chi connectivity index (χ2v) is 3.83. The van der Waals surface area contributed by atoms with Crippen LogP contribution in [-0.2, 0) is 13.0 Å². The number of hydrogen-bond donors (Lipinski definition) is 2. The molecule has 0 bridgehead atoms. The molecule has 0 radical (unpaired) electrons. The van der Waals surface area contributed by atoms with Crippen molar-refractivity contribution >= 4 is 12.6 Å². The monoisotopic (exact) mass is 180 g/mol. The van der Waals surface area contributed by atoms with Crippen molar-refractivity contribution in [1.29, 1.82) is 0 Å². The van der Waals surface area contributed by atoms with E-state index in [4.69, 9.17) is 5.11 Å². The first-order valence-electron chi connectivity index (χ1n) is 4.22. The summed E-state index contributed by atoms with van der Waals surface area (Å²) in [5.41, 5.74) is 3.68. The Morgan fingerprint density at radius 1 is 1.50 bits per heavy atom. The molecule has 0 amide bonds. The number of aliphatic hydroxyl groups excluding tert-OH is 1. The molecule has 1 unspecified atom stereocenters. The molecular formula is C10H12OS. The highest BCUT2D eigenvalue weighted by Gasteiger charge is 2.21. The molecule has 0 spiro atoms. The average Bonchev–Trinajstić information content (AvgIpc) is 2.48. The van der Waals surface area contributed by atoms with Gasteiger partial charge in [-0.2, -0.15) is 12.6 Å². The zero-order valence-electron chi connectivity index (χ0n) is 6.83. The van der Waals surface area contributed by atoms with Gasteiger partial charge in [-0.05, 0) is 29.5 Å². The van der Waals surface area contributed by atoms with Crippen molar-refractivity contribution in [3.05, 3.63) is 34.9 Å². The van der Waals surface area contributed by atoms with Gasteiger partial charge >= 0.3 is 0 Å². The molecule has 1 atom stereocenters. The van der Waals surface area contributed by atoms with Gasteiger partial charge in [-0.15, -0.1) is 0 Å². The van der Waals surface area contributed by atoms with E-state index < -0.39 is 0 Å². The Bertz CT molecular complexity index is 296. The van der Waals surface area contributed by atoms with Crippen LogP contribution in [0.25, 0.3) is 0 Å². The maximum absolute atomic E-state index is 9.09. The van der Waals surface area contributed by atoms with E-state index in [-0.39, 0.29) is 6.61 Å². The van der Waals surface area contributed by atoms with Crippen LogP contribution < -0.4 is 0 Å². The van der Waals surface area contributed by atoms with Crippen LogP contribution in [0.5, 0.6) is 0 Å². The lowest BCUT2D eigenvalue weighted by atomic mass is 10.0. The van der Waals surface area contributed by atoms with Crippen LogP contribution in [0, 0.1) is 0 Å². The predicted octanol–water partition coefficient (Wildman–Crippen LogP) is 2.10. The second kappa shape index (κ2) is 3.11. The minimum Gasteiger partial charge on any atom is -0.392 e. The summed E-state index contributed by atoms with van der Waals surface area (Å²) < 4.78 is 0. The lowest BCUT2D eigenvalue weighted by Gasteiger charge is -2.08. The second-order valence-electron chi connectivity index (χ2n) is 3.20. The van der Waals surface area contributed by atoms with Crippen molar-refractivity contribution < 1.29 is 5.11 Å². The van der Waals surface area contributed by atoms with E-state index in [1.807, 2.05) is 12.1 Å². The SMILES string of the molecule is OCc1cccc2c1C(S)CC2. The van der Waals surface area contributed by atoms with E-state index >= 15 is 0 Å². The van der Waals surface area contributed by atoms with Gasteiger partial charge in [0.25, 0.3) is 0 Å². The molecule has 1 aliphatic rings. The zero-order valence-corrected chi connectivity index (χ0v) is 7.72. The molecule has 0 saturated heterocycles. The molecular weight excluding hydrogens is 168 g/mol. The van der Waals surface area contributed by atoms with Gasteiger partial charge in [0.15, 0.2) is 0 Å². The first-order chi connectivity index (χ1) is 5.83. The van der Waals surface area contributed by atoms with E-state index in [1.165, 1.54) is 11.1 Å². The molecule has 0 fully saturated rings. The number of fused-ring (bicyclic) bond motifs is 1. The van der Waals surface area contributed by atoms with Gasteiger partial charge in [-0.3, -0.25) is 0 Å². The van der Waals surface area contributed by atoms with Gasteiger partial charge in [-0.1, -0.05) is 18.2 Å². The Hall–Kier alpha value is -0.470. The van der Waals surface area contributed by atoms with Crippen LogP contribution in [0.15, 0.2) is 18.2 Å². The summed E-state index contributed by atoms with van der Waals surface area (Å²) in [6.45, 7) is 0.139. The van der Waals surface area contributed by atoms with Gasteiger partial charge < -0.3 is 5.11 Å². The smallest absolute Gasteiger partial charge is 0.0685 e. The van der Waals surface area contributed by atoms with Gasteiger partial charge in [0.1, 0.15) is 0 Å². The van der Waals surface area contributed by atoms with Crippen molar-refractivity contribution in [2.75, 3.05) is 0 Å².